The number of hydrogen-bond acceptors (Lipinski definition) is 6. The second-order valence-corrected chi connectivity index (χ2v) is 8.84. The summed E-state index contributed by atoms with van der Waals surface area (Å²) in [5, 5.41) is 13.8. The number of fused-ring (bicyclic) bond motifs is 1. The monoisotopic (exact) mass is 410 g/mol. The number of rotatable bonds is 6. The Labute approximate surface area is 179 Å². The molecule has 1 N–H and O–H groups in total. The quantitative estimate of drug-likeness (QED) is 0.737. The van der Waals surface area contributed by atoms with Crippen LogP contribution in [0.3, 0.4) is 0 Å². The minimum Gasteiger partial charge on any atom is -0.355 e. The fourth-order valence-electron chi connectivity index (χ4n) is 4.37. The van der Waals surface area contributed by atoms with Gasteiger partial charge in [-0.25, -0.2) is 0 Å². The van der Waals surface area contributed by atoms with Crippen LogP contribution in [0.1, 0.15) is 36.7 Å². The molecule has 0 aliphatic carbocycles. The lowest BCUT2D eigenvalue weighted by Crippen LogP contribution is -2.45. The Morgan fingerprint density at radius 1 is 1.03 bits per heavy atom. The van der Waals surface area contributed by atoms with E-state index in [2.05, 4.69) is 50.3 Å². The zero-order chi connectivity index (χ0) is 20.9. The van der Waals surface area contributed by atoms with Crippen LogP contribution < -0.4 is 10.2 Å². The highest BCUT2D eigenvalue weighted by Gasteiger charge is 2.22. The van der Waals surface area contributed by atoms with E-state index in [1.54, 1.807) is 0 Å². The van der Waals surface area contributed by atoms with Crippen LogP contribution in [0.25, 0.3) is 10.8 Å². The molecule has 3 heterocycles. The summed E-state index contributed by atoms with van der Waals surface area (Å²) in [7, 11) is 2.17. The summed E-state index contributed by atoms with van der Waals surface area (Å²) >= 11 is 0. The van der Waals surface area contributed by atoms with Gasteiger partial charge in [-0.3, -0.25) is 4.79 Å². The Kier molecular flexibility index (Phi) is 6.79. The molecule has 30 heavy (non-hydrogen) atoms. The molecule has 0 atom stereocenters. The molecule has 1 amide bonds. The van der Waals surface area contributed by atoms with Gasteiger partial charge < -0.3 is 20.0 Å². The van der Waals surface area contributed by atoms with Crippen molar-refractivity contribution in [2.75, 3.05) is 64.3 Å². The fourth-order valence-corrected chi connectivity index (χ4v) is 4.37. The number of piperazine rings is 1. The van der Waals surface area contributed by atoms with Gasteiger partial charge in [-0.1, -0.05) is 31.2 Å². The van der Waals surface area contributed by atoms with Crippen molar-refractivity contribution < 1.29 is 4.79 Å². The van der Waals surface area contributed by atoms with Gasteiger partial charge in [0.2, 0.25) is 0 Å². The summed E-state index contributed by atoms with van der Waals surface area (Å²) in [6.07, 6.45) is 3.29. The molecule has 162 valence electrons. The third kappa shape index (κ3) is 4.90. The maximum absolute atomic E-state index is 12.8. The van der Waals surface area contributed by atoms with Gasteiger partial charge in [0.15, 0.2) is 11.5 Å². The van der Waals surface area contributed by atoms with Gasteiger partial charge in [0.1, 0.15) is 0 Å². The molecule has 0 saturated carbocycles. The predicted octanol–water partition coefficient (Wildman–Crippen LogP) is 2.23. The number of amides is 1. The summed E-state index contributed by atoms with van der Waals surface area (Å²) in [5.74, 6) is 1.54. The number of nitrogens with one attached hydrogen (secondary N) is 1. The molecule has 4 rings (SSSR count). The van der Waals surface area contributed by atoms with E-state index in [4.69, 9.17) is 0 Å². The maximum atomic E-state index is 12.8. The molecule has 1 aromatic carbocycles. The molecular formula is C23H34N6O. The van der Waals surface area contributed by atoms with Crippen LogP contribution in [0.2, 0.25) is 0 Å². The van der Waals surface area contributed by atoms with E-state index >= 15 is 0 Å². The Hall–Kier alpha value is -2.25. The highest BCUT2D eigenvalue weighted by Crippen LogP contribution is 2.29. The summed E-state index contributed by atoms with van der Waals surface area (Å²) < 4.78 is 0. The molecule has 0 bridgehead atoms. The number of aromatic nitrogens is 2. The molecular weight excluding hydrogens is 376 g/mol. The van der Waals surface area contributed by atoms with Crippen LogP contribution in [0.4, 0.5) is 5.82 Å². The standard InChI is InChI=1S/C23H34N6O/c1-18-8-12-29(13-9-18)22-20-7-4-3-6-19(20)21(25-26-22)23(30)24-10-5-11-28-16-14-27(2)15-17-28/h3-4,6-7,18H,5,8-17H2,1-2H3,(H,24,30). The van der Waals surface area contributed by atoms with Crippen LogP contribution in [0.5, 0.6) is 0 Å². The van der Waals surface area contributed by atoms with Gasteiger partial charge in [0.25, 0.3) is 5.91 Å². The molecule has 1 aromatic heterocycles. The average molecular weight is 411 g/mol. The first-order chi connectivity index (χ1) is 14.6. The number of likely N-dealkylation sites (N-methyl/N-ethyl adjacent to an activating group) is 1. The van der Waals surface area contributed by atoms with Crippen LogP contribution in [0, 0.1) is 5.92 Å². The minimum absolute atomic E-state index is 0.129. The van der Waals surface area contributed by atoms with Gasteiger partial charge in [-0.15, -0.1) is 10.2 Å². The van der Waals surface area contributed by atoms with Gasteiger partial charge >= 0.3 is 0 Å². The Balaban J connectivity index is 1.39. The second kappa shape index (κ2) is 9.71. The van der Waals surface area contributed by atoms with Crippen LogP contribution >= 0.6 is 0 Å². The molecule has 2 aliphatic rings. The highest BCUT2D eigenvalue weighted by atomic mass is 16.1. The van der Waals surface area contributed by atoms with Gasteiger partial charge in [-0.2, -0.15) is 0 Å². The summed E-state index contributed by atoms with van der Waals surface area (Å²) in [4.78, 5) is 20.0. The van der Waals surface area contributed by atoms with Crippen molar-refractivity contribution in [2.24, 2.45) is 5.92 Å². The predicted molar refractivity (Wildman–Crippen MR) is 121 cm³/mol. The summed E-state index contributed by atoms with van der Waals surface area (Å²) in [5.41, 5.74) is 0.430. The van der Waals surface area contributed by atoms with Crippen molar-refractivity contribution in [1.29, 1.82) is 0 Å². The second-order valence-electron chi connectivity index (χ2n) is 8.84. The van der Waals surface area contributed by atoms with E-state index in [0.717, 1.165) is 74.7 Å². The number of piperidine rings is 1. The molecule has 7 heteroatoms. The van der Waals surface area contributed by atoms with E-state index in [-0.39, 0.29) is 5.91 Å². The van der Waals surface area contributed by atoms with Crippen LogP contribution in [-0.2, 0) is 0 Å². The van der Waals surface area contributed by atoms with Crippen molar-refractivity contribution in [3.63, 3.8) is 0 Å². The highest BCUT2D eigenvalue weighted by molar-refractivity contribution is 6.07. The van der Waals surface area contributed by atoms with E-state index in [0.29, 0.717) is 12.2 Å². The van der Waals surface area contributed by atoms with Crippen molar-refractivity contribution in [2.45, 2.75) is 26.2 Å². The Morgan fingerprint density at radius 3 is 2.47 bits per heavy atom. The van der Waals surface area contributed by atoms with E-state index < -0.39 is 0 Å². The summed E-state index contributed by atoms with van der Waals surface area (Å²) in [6.45, 7) is 10.4. The van der Waals surface area contributed by atoms with Gasteiger partial charge in [0, 0.05) is 56.6 Å². The molecule has 0 spiro atoms. The molecule has 0 unspecified atom stereocenters. The summed E-state index contributed by atoms with van der Waals surface area (Å²) in [6, 6.07) is 8.02. The largest absolute Gasteiger partial charge is 0.355 e. The molecule has 2 saturated heterocycles. The van der Waals surface area contributed by atoms with E-state index in [1.807, 2.05) is 18.2 Å². The average Bonchev–Trinajstić information content (AvgIpc) is 2.78. The third-order valence-electron chi connectivity index (χ3n) is 6.50. The number of carbonyl (C=O) groups is 1. The number of nitrogens with zero attached hydrogens (tertiary/aromatic N) is 5. The number of hydrogen-bond donors (Lipinski definition) is 1. The Morgan fingerprint density at radius 2 is 1.73 bits per heavy atom. The lowest BCUT2D eigenvalue weighted by atomic mass is 9.99. The SMILES string of the molecule is CC1CCN(c2nnc(C(=O)NCCCN3CCN(C)CC3)c3ccccc23)CC1. The smallest absolute Gasteiger partial charge is 0.272 e. The molecule has 2 fully saturated rings. The van der Waals surface area contributed by atoms with Crippen molar-refractivity contribution in [1.82, 2.24) is 25.3 Å². The van der Waals surface area contributed by atoms with Crippen molar-refractivity contribution in [3.8, 4) is 0 Å². The van der Waals surface area contributed by atoms with Crippen LogP contribution in [0.15, 0.2) is 24.3 Å². The van der Waals surface area contributed by atoms with Crippen molar-refractivity contribution in [3.05, 3.63) is 30.0 Å². The van der Waals surface area contributed by atoms with Crippen molar-refractivity contribution >= 4 is 22.5 Å². The fraction of sp³-hybridized carbons (Fsp3) is 0.609. The molecule has 2 aromatic rings. The third-order valence-corrected chi connectivity index (χ3v) is 6.50. The van der Waals surface area contributed by atoms with E-state index in [9.17, 15) is 4.79 Å². The van der Waals surface area contributed by atoms with Gasteiger partial charge in [0.05, 0.1) is 0 Å². The molecule has 0 radical (unpaired) electrons. The van der Waals surface area contributed by atoms with Gasteiger partial charge in [-0.05, 0) is 38.8 Å². The normalized spacial score (nSPS) is 19.3. The van der Waals surface area contributed by atoms with Crippen LogP contribution in [-0.4, -0.2) is 85.3 Å². The lowest BCUT2D eigenvalue weighted by Gasteiger charge is -2.32. The minimum atomic E-state index is -0.129. The maximum Gasteiger partial charge on any atom is 0.272 e. The zero-order valence-electron chi connectivity index (χ0n) is 18.3. The zero-order valence-corrected chi connectivity index (χ0v) is 18.3. The number of anilines is 1. The molecule has 2 aliphatic heterocycles. The topological polar surface area (TPSA) is 64.6 Å². The first-order valence-electron chi connectivity index (χ1n) is 11.3. The number of benzene rings is 1. The first kappa shape index (κ1) is 21.0. The lowest BCUT2D eigenvalue weighted by molar-refractivity contribution is 0.0945. The Bertz CT molecular complexity index is 856. The molecule has 7 nitrogen and oxygen atoms in total. The number of carbonyl (C=O) groups excluding carboxylic acids is 1. The first-order valence-corrected chi connectivity index (χ1v) is 11.3. The van der Waals surface area contributed by atoms with E-state index in [1.165, 1.54) is 12.8 Å².